The SMILES string of the molecule is COc1csc2cc(F)cc(S)c12. The van der Waals surface area contributed by atoms with Crippen molar-refractivity contribution in [2.45, 2.75) is 4.90 Å². The smallest absolute Gasteiger partial charge is 0.138 e. The lowest BCUT2D eigenvalue weighted by Gasteiger charge is -1.99. The van der Waals surface area contributed by atoms with Crippen LogP contribution in [0, 0.1) is 5.82 Å². The summed E-state index contributed by atoms with van der Waals surface area (Å²) in [6, 6.07) is 2.88. The molecule has 0 radical (unpaired) electrons. The van der Waals surface area contributed by atoms with Crippen LogP contribution in [0.5, 0.6) is 5.75 Å². The molecule has 0 saturated heterocycles. The minimum absolute atomic E-state index is 0.262. The van der Waals surface area contributed by atoms with Crippen molar-refractivity contribution in [2.75, 3.05) is 7.11 Å². The van der Waals surface area contributed by atoms with Gasteiger partial charge in [0, 0.05) is 20.4 Å². The molecular weight excluding hydrogens is 207 g/mol. The van der Waals surface area contributed by atoms with Gasteiger partial charge in [0.25, 0.3) is 0 Å². The van der Waals surface area contributed by atoms with Crippen LogP contribution in [0.25, 0.3) is 10.1 Å². The van der Waals surface area contributed by atoms with Gasteiger partial charge in [0.1, 0.15) is 11.6 Å². The molecule has 1 nitrogen and oxygen atoms in total. The Morgan fingerprint density at radius 2 is 2.23 bits per heavy atom. The zero-order chi connectivity index (χ0) is 9.42. The fourth-order valence-electron chi connectivity index (χ4n) is 1.23. The van der Waals surface area contributed by atoms with E-state index < -0.39 is 0 Å². The number of hydrogen-bond donors (Lipinski definition) is 1. The summed E-state index contributed by atoms with van der Waals surface area (Å²) in [4.78, 5) is 0.619. The lowest BCUT2D eigenvalue weighted by atomic mass is 10.2. The summed E-state index contributed by atoms with van der Waals surface area (Å²) in [5.74, 6) is 0.493. The van der Waals surface area contributed by atoms with E-state index >= 15 is 0 Å². The number of hydrogen-bond acceptors (Lipinski definition) is 3. The summed E-state index contributed by atoms with van der Waals surface area (Å²) in [7, 11) is 1.60. The van der Waals surface area contributed by atoms with E-state index in [2.05, 4.69) is 12.6 Å². The van der Waals surface area contributed by atoms with Crippen LogP contribution >= 0.6 is 24.0 Å². The van der Waals surface area contributed by atoms with Crippen LogP contribution in [0.1, 0.15) is 0 Å². The number of fused-ring (bicyclic) bond motifs is 1. The molecule has 0 spiro atoms. The first-order valence-electron chi connectivity index (χ1n) is 3.66. The van der Waals surface area contributed by atoms with E-state index in [0.29, 0.717) is 4.90 Å². The highest BCUT2D eigenvalue weighted by Crippen LogP contribution is 2.36. The summed E-state index contributed by atoms with van der Waals surface area (Å²) < 4.78 is 18.9. The van der Waals surface area contributed by atoms with E-state index in [1.54, 1.807) is 7.11 Å². The van der Waals surface area contributed by atoms with Crippen LogP contribution in [0.2, 0.25) is 0 Å². The molecule has 1 heterocycles. The third-order valence-electron chi connectivity index (χ3n) is 1.81. The number of benzene rings is 1. The molecule has 0 aliphatic heterocycles. The second-order valence-electron chi connectivity index (χ2n) is 2.60. The monoisotopic (exact) mass is 214 g/mol. The minimum atomic E-state index is -0.262. The van der Waals surface area contributed by atoms with Crippen molar-refractivity contribution in [3.63, 3.8) is 0 Å². The van der Waals surface area contributed by atoms with Crippen molar-refractivity contribution < 1.29 is 9.13 Å². The van der Waals surface area contributed by atoms with E-state index in [4.69, 9.17) is 4.74 Å². The highest BCUT2D eigenvalue weighted by atomic mass is 32.1. The molecule has 0 atom stereocenters. The largest absolute Gasteiger partial charge is 0.495 e. The van der Waals surface area contributed by atoms with Gasteiger partial charge in [-0.2, -0.15) is 0 Å². The number of halogens is 1. The maximum absolute atomic E-state index is 12.9. The number of thiophene rings is 1. The Kier molecular flexibility index (Phi) is 2.17. The van der Waals surface area contributed by atoms with Crippen molar-refractivity contribution in [1.29, 1.82) is 0 Å². The van der Waals surface area contributed by atoms with Crippen LogP contribution in [-0.4, -0.2) is 7.11 Å². The van der Waals surface area contributed by atoms with Crippen LogP contribution in [0.15, 0.2) is 22.4 Å². The third-order valence-corrected chi connectivity index (χ3v) is 3.07. The Balaban J connectivity index is 2.82. The average molecular weight is 214 g/mol. The molecule has 1 aromatic heterocycles. The summed E-state index contributed by atoms with van der Waals surface area (Å²) in [5, 5.41) is 2.74. The first-order valence-corrected chi connectivity index (χ1v) is 4.99. The lowest BCUT2D eigenvalue weighted by Crippen LogP contribution is -1.81. The number of methoxy groups -OCH3 is 1. The van der Waals surface area contributed by atoms with Crippen LogP contribution in [-0.2, 0) is 0 Å². The molecule has 68 valence electrons. The maximum atomic E-state index is 12.9. The van der Waals surface area contributed by atoms with Crippen LogP contribution in [0.4, 0.5) is 4.39 Å². The summed E-state index contributed by atoms with van der Waals surface area (Å²) in [6.07, 6.45) is 0. The Morgan fingerprint density at radius 1 is 1.46 bits per heavy atom. The standard InChI is InChI=1S/C9H7FOS2/c1-11-6-4-13-8-3-5(10)2-7(12)9(6)8/h2-4,12H,1H3. The topological polar surface area (TPSA) is 9.23 Å². The van der Waals surface area contributed by atoms with Gasteiger partial charge in [0.15, 0.2) is 0 Å². The summed E-state index contributed by atoms with van der Waals surface area (Å²) in [6.45, 7) is 0. The van der Waals surface area contributed by atoms with Crippen LogP contribution < -0.4 is 4.74 Å². The van der Waals surface area contributed by atoms with Gasteiger partial charge in [0.2, 0.25) is 0 Å². The normalized spacial score (nSPS) is 10.7. The third kappa shape index (κ3) is 1.40. The van der Waals surface area contributed by atoms with Crippen LogP contribution in [0.3, 0.4) is 0 Å². The molecule has 0 fully saturated rings. The van der Waals surface area contributed by atoms with Gasteiger partial charge in [-0.3, -0.25) is 0 Å². The molecular formula is C9H7FOS2. The molecule has 2 aromatic rings. The fraction of sp³-hybridized carbons (Fsp3) is 0.111. The zero-order valence-corrected chi connectivity index (χ0v) is 8.58. The number of ether oxygens (including phenoxy) is 1. The second kappa shape index (κ2) is 3.20. The van der Waals surface area contributed by atoms with Crippen molar-refractivity contribution in [2.24, 2.45) is 0 Å². The highest BCUT2D eigenvalue weighted by Gasteiger charge is 2.08. The molecule has 13 heavy (non-hydrogen) atoms. The lowest BCUT2D eigenvalue weighted by molar-refractivity contribution is 0.421. The Hall–Kier alpha value is -0.740. The van der Waals surface area contributed by atoms with E-state index in [1.165, 1.54) is 23.5 Å². The first-order chi connectivity index (χ1) is 6.22. The molecule has 0 unspecified atom stereocenters. The van der Waals surface area contributed by atoms with Gasteiger partial charge in [-0.1, -0.05) is 0 Å². The van der Waals surface area contributed by atoms with Gasteiger partial charge in [-0.25, -0.2) is 4.39 Å². The molecule has 2 rings (SSSR count). The van der Waals surface area contributed by atoms with Crippen molar-refractivity contribution in [3.8, 4) is 5.75 Å². The van der Waals surface area contributed by atoms with E-state index in [1.807, 2.05) is 5.38 Å². The summed E-state index contributed by atoms with van der Waals surface area (Å²) >= 11 is 5.65. The molecule has 0 amide bonds. The van der Waals surface area contributed by atoms with Gasteiger partial charge >= 0.3 is 0 Å². The fourth-order valence-corrected chi connectivity index (χ4v) is 2.62. The van der Waals surface area contributed by atoms with E-state index in [-0.39, 0.29) is 5.82 Å². The molecule has 0 aliphatic rings. The molecule has 0 N–H and O–H groups in total. The van der Waals surface area contributed by atoms with Crippen molar-refractivity contribution in [3.05, 3.63) is 23.3 Å². The predicted molar refractivity (Wildman–Crippen MR) is 55.6 cm³/mol. The number of thiol groups is 1. The molecule has 1 aromatic carbocycles. The Bertz CT molecular complexity index is 450. The minimum Gasteiger partial charge on any atom is -0.495 e. The van der Waals surface area contributed by atoms with E-state index in [0.717, 1.165) is 15.8 Å². The van der Waals surface area contributed by atoms with Gasteiger partial charge in [-0.05, 0) is 12.1 Å². The Labute approximate surface area is 84.6 Å². The second-order valence-corrected chi connectivity index (χ2v) is 4.00. The first kappa shape index (κ1) is 8.84. The summed E-state index contributed by atoms with van der Waals surface area (Å²) in [5.41, 5.74) is 0. The quantitative estimate of drug-likeness (QED) is 0.716. The number of rotatable bonds is 1. The van der Waals surface area contributed by atoms with Gasteiger partial charge < -0.3 is 4.74 Å². The maximum Gasteiger partial charge on any atom is 0.138 e. The predicted octanol–water partition coefficient (Wildman–Crippen LogP) is 3.34. The molecule has 0 aliphatic carbocycles. The molecule has 0 saturated carbocycles. The van der Waals surface area contributed by atoms with Gasteiger partial charge in [0.05, 0.1) is 7.11 Å². The molecule has 0 bridgehead atoms. The van der Waals surface area contributed by atoms with Crippen molar-refractivity contribution in [1.82, 2.24) is 0 Å². The van der Waals surface area contributed by atoms with Gasteiger partial charge in [-0.15, -0.1) is 24.0 Å². The van der Waals surface area contributed by atoms with E-state index in [9.17, 15) is 4.39 Å². The highest BCUT2D eigenvalue weighted by molar-refractivity contribution is 7.80. The zero-order valence-electron chi connectivity index (χ0n) is 6.87. The Morgan fingerprint density at radius 3 is 2.92 bits per heavy atom. The average Bonchev–Trinajstić information content (AvgIpc) is 2.47. The van der Waals surface area contributed by atoms with Crippen molar-refractivity contribution >= 4 is 34.1 Å². The molecule has 4 heteroatoms.